The van der Waals surface area contributed by atoms with E-state index < -0.39 is 0 Å². The van der Waals surface area contributed by atoms with Gasteiger partial charge in [0.05, 0.1) is 30.5 Å². The number of hydrogen-bond acceptors (Lipinski definition) is 5. The topological polar surface area (TPSA) is 51.1 Å². The zero-order chi connectivity index (χ0) is 22.7. The van der Waals surface area contributed by atoms with E-state index in [0.717, 1.165) is 28.1 Å². The highest BCUT2D eigenvalue weighted by atomic mass is 32.2. The number of nitrogens with zero attached hydrogens (tertiary/aromatic N) is 2. The van der Waals surface area contributed by atoms with Crippen LogP contribution in [0.25, 0.3) is 6.08 Å². The number of benzene rings is 3. The molecule has 162 valence electrons. The molecule has 0 spiro atoms. The lowest BCUT2D eigenvalue weighted by Crippen LogP contribution is -2.28. The summed E-state index contributed by atoms with van der Waals surface area (Å²) in [6.45, 7) is 4.06. The number of thioether (sulfide) groups is 1. The number of carbonyl (C=O) groups excluding carboxylic acids is 1. The van der Waals surface area contributed by atoms with E-state index in [-0.39, 0.29) is 5.91 Å². The lowest BCUT2D eigenvalue weighted by atomic mass is 10.1. The Balaban J connectivity index is 1.80. The molecule has 0 aliphatic carbocycles. The zero-order valence-electron chi connectivity index (χ0n) is 18.5. The number of aryl methyl sites for hydroxylation is 2. The van der Waals surface area contributed by atoms with Gasteiger partial charge in [-0.1, -0.05) is 42.5 Å². The van der Waals surface area contributed by atoms with Crippen molar-refractivity contribution < 1.29 is 14.3 Å². The first kappa shape index (κ1) is 21.7. The van der Waals surface area contributed by atoms with Crippen molar-refractivity contribution >= 4 is 40.3 Å². The van der Waals surface area contributed by atoms with Gasteiger partial charge in [-0.25, -0.2) is 4.99 Å². The van der Waals surface area contributed by atoms with Gasteiger partial charge in [0.2, 0.25) is 0 Å². The van der Waals surface area contributed by atoms with Crippen LogP contribution in [0.5, 0.6) is 11.5 Å². The summed E-state index contributed by atoms with van der Waals surface area (Å²) in [6, 6.07) is 21.2. The molecular weight excluding hydrogens is 420 g/mol. The molecule has 1 saturated heterocycles. The number of aliphatic imine (C=N–C) groups is 1. The Morgan fingerprint density at radius 1 is 0.875 bits per heavy atom. The van der Waals surface area contributed by atoms with Gasteiger partial charge >= 0.3 is 0 Å². The Morgan fingerprint density at radius 2 is 1.56 bits per heavy atom. The van der Waals surface area contributed by atoms with Crippen LogP contribution in [0, 0.1) is 13.8 Å². The summed E-state index contributed by atoms with van der Waals surface area (Å²) in [7, 11) is 3.19. The molecule has 0 saturated carbocycles. The molecule has 0 N–H and O–H groups in total. The number of rotatable bonds is 5. The van der Waals surface area contributed by atoms with Gasteiger partial charge in [-0.15, -0.1) is 0 Å². The fraction of sp³-hybridized carbons (Fsp3) is 0.154. The second kappa shape index (κ2) is 9.32. The summed E-state index contributed by atoms with van der Waals surface area (Å²) < 4.78 is 10.7. The molecule has 0 bridgehead atoms. The maximum absolute atomic E-state index is 13.5. The van der Waals surface area contributed by atoms with Crippen LogP contribution in [0.3, 0.4) is 0 Å². The van der Waals surface area contributed by atoms with Crippen LogP contribution in [0.2, 0.25) is 0 Å². The number of methoxy groups -OCH3 is 2. The fourth-order valence-corrected chi connectivity index (χ4v) is 4.51. The smallest absolute Gasteiger partial charge is 0.271 e. The highest BCUT2D eigenvalue weighted by molar-refractivity contribution is 8.19. The average molecular weight is 445 g/mol. The molecule has 0 unspecified atom stereocenters. The Hall–Kier alpha value is -3.51. The summed E-state index contributed by atoms with van der Waals surface area (Å²) in [5.74, 6) is 1.14. The van der Waals surface area contributed by atoms with Crippen molar-refractivity contribution in [2.24, 2.45) is 4.99 Å². The maximum atomic E-state index is 13.5. The molecule has 1 aliphatic rings. The first-order chi connectivity index (χ1) is 15.5. The van der Waals surface area contributed by atoms with E-state index in [1.807, 2.05) is 86.7 Å². The minimum absolute atomic E-state index is 0.110. The van der Waals surface area contributed by atoms with Crippen LogP contribution >= 0.6 is 11.8 Å². The molecule has 6 heteroatoms. The van der Waals surface area contributed by atoms with Crippen molar-refractivity contribution in [2.75, 3.05) is 19.1 Å². The Bertz CT molecular complexity index is 1200. The van der Waals surface area contributed by atoms with E-state index in [1.54, 1.807) is 19.1 Å². The molecule has 4 rings (SSSR count). The van der Waals surface area contributed by atoms with E-state index >= 15 is 0 Å². The largest absolute Gasteiger partial charge is 0.493 e. The highest BCUT2D eigenvalue weighted by Gasteiger charge is 2.35. The summed E-state index contributed by atoms with van der Waals surface area (Å²) in [5, 5.41) is 0.630. The van der Waals surface area contributed by atoms with Crippen LogP contribution < -0.4 is 14.4 Å². The summed E-state index contributed by atoms with van der Waals surface area (Å²) >= 11 is 1.37. The summed E-state index contributed by atoms with van der Waals surface area (Å²) in [6.07, 6.45) is 1.86. The van der Waals surface area contributed by atoms with Crippen molar-refractivity contribution in [1.29, 1.82) is 0 Å². The normalized spacial score (nSPS) is 16.1. The van der Waals surface area contributed by atoms with Gasteiger partial charge in [0.25, 0.3) is 5.91 Å². The molecular formula is C26H24N2O3S. The number of hydrogen-bond donors (Lipinski definition) is 0. The summed E-state index contributed by atoms with van der Waals surface area (Å²) in [4.78, 5) is 20.6. The number of ether oxygens (including phenoxy) is 2. The maximum Gasteiger partial charge on any atom is 0.271 e. The third kappa shape index (κ3) is 4.27. The number of amides is 1. The minimum Gasteiger partial charge on any atom is -0.493 e. The van der Waals surface area contributed by atoms with Gasteiger partial charge < -0.3 is 9.47 Å². The number of anilines is 1. The molecule has 0 radical (unpaired) electrons. The first-order valence-corrected chi connectivity index (χ1v) is 11.0. The molecule has 1 amide bonds. The van der Waals surface area contributed by atoms with Gasteiger partial charge in [0.15, 0.2) is 16.7 Å². The summed E-state index contributed by atoms with van der Waals surface area (Å²) in [5.41, 5.74) is 4.65. The van der Waals surface area contributed by atoms with Crippen LogP contribution in [-0.4, -0.2) is 25.3 Å². The van der Waals surface area contributed by atoms with Crippen LogP contribution in [-0.2, 0) is 4.79 Å². The second-order valence-corrected chi connectivity index (χ2v) is 8.35. The van der Waals surface area contributed by atoms with Crippen molar-refractivity contribution in [3.8, 4) is 11.5 Å². The van der Waals surface area contributed by atoms with Gasteiger partial charge in [-0.3, -0.25) is 9.69 Å². The SMILES string of the molecule is COc1ccc(/C=C2\SC(=Nc3c(C)cccc3C)N(c3ccccc3)C2=O)cc1OC. The Morgan fingerprint density at radius 3 is 2.22 bits per heavy atom. The van der Waals surface area contributed by atoms with Gasteiger partial charge in [-0.05, 0) is 72.6 Å². The van der Waals surface area contributed by atoms with Gasteiger partial charge in [-0.2, -0.15) is 0 Å². The number of para-hydroxylation sites is 2. The van der Waals surface area contributed by atoms with E-state index in [9.17, 15) is 4.79 Å². The lowest BCUT2D eigenvalue weighted by molar-refractivity contribution is -0.113. The average Bonchev–Trinajstić information content (AvgIpc) is 3.11. The van der Waals surface area contributed by atoms with Crippen molar-refractivity contribution in [1.82, 2.24) is 0 Å². The van der Waals surface area contributed by atoms with Gasteiger partial charge in [0.1, 0.15) is 0 Å². The molecule has 1 fully saturated rings. The minimum atomic E-state index is -0.110. The third-order valence-corrected chi connectivity index (χ3v) is 6.14. The lowest BCUT2D eigenvalue weighted by Gasteiger charge is -2.16. The van der Waals surface area contributed by atoms with Gasteiger partial charge in [0, 0.05) is 0 Å². The molecule has 32 heavy (non-hydrogen) atoms. The Kier molecular flexibility index (Phi) is 6.32. The standard InChI is InChI=1S/C26H24N2O3S/c1-17-9-8-10-18(2)24(17)27-26-28(20-11-6-5-7-12-20)25(29)23(32-26)16-19-13-14-21(30-3)22(15-19)31-4/h5-16H,1-4H3/b23-16-,27-26?. The quantitative estimate of drug-likeness (QED) is 0.444. The predicted molar refractivity (Wildman–Crippen MR) is 132 cm³/mol. The fourth-order valence-electron chi connectivity index (χ4n) is 3.53. The van der Waals surface area contributed by atoms with E-state index in [0.29, 0.717) is 21.6 Å². The second-order valence-electron chi connectivity index (χ2n) is 7.34. The first-order valence-electron chi connectivity index (χ1n) is 10.2. The van der Waals surface area contributed by atoms with E-state index in [4.69, 9.17) is 14.5 Å². The van der Waals surface area contributed by atoms with E-state index in [1.165, 1.54) is 11.8 Å². The third-order valence-electron chi connectivity index (χ3n) is 5.17. The molecule has 0 atom stereocenters. The monoisotopic (exact) mass is 444 g/mol. The Labute approximate surface area is 192 Å². The molecule has 1 heterocycles. The number of carbonyl (C=O) groups is 1. The molecule has 0 aromatic heterocycles. The molecule has 1 aliphatic heterocycles. The van der Waals surface area contributed by atoms with Crippen molar-refractivity contribution in [3.63, 3.8) is 0 Å². The predicted octanol–water partition coefficient (Wildman–Crippen LogP) is 6.13. The molecule has 3 aromatic carbocycles. The van der Waals surface area contributed by atoms with Crippen LogP contribution in [0.1, 0.15) is 16.7 Å². The highest BCUT2D eigenvalue weighted by Crippen LogP contribution is 2.39. The van der Waals surface area contributed by atoms with E-state index in [2.05, 4.69) is 0 Å². The van der Waals surface area contributed by atoms with Crippen LogP contribution in [0.4, 0.5) is 11.4 Å². The van der Waals surface area contributed by atoms with Crippen molar-refractivity contribution in [2.45, 2.75) is 13.8 Å². The molecule has 3 aromatic rings. The van der Waals surface area contributed by atoms with Crippen molar-refractivity contribution in [3.05, 3.63) is 88.3 Å². The van der Waals surface area contributed by atoms with Crippen LogP contribution in [0.15, 0.2) is 76.6 Å². The zero-order valence-corrected chi connectivity index (χ0v) is 19.3. The molecule has 5 nitrogen and oxygen atoms in total. The number of amidine groups is 1.